The van der Waals surface area contributed by atoms with E-state index in [-0.39, 0.29) is 11.4 Å². The molecule has 0 heterocycles. The molecule has 0 atom stereocenters. The SMILES string of the molecule is COc1cc(OC)c(OC)cc1/C=C/C(=O)NC1(c2ccccc2)CCC1. The zero-order valence-corrected chi connectivity index (χ0v) is 16.0. The lowest BCUT2D eigenvalue weighted by molar-refractivity contribution is -0.119. The van der Waals surface area contributed by atoms with Crippen LogP contribution in [0.1, 0.15) is 30.4 Å². The van der Waals surface area contributed by atoms with Crippen LogP contribution in [0.15, 0.2) is 48.5 Å². The third-order valence-corrected chi connectivity index (χ3v) is 5.05. The second kappa shape index (κ2) is 8.16. The van der Waals surface area contributed by atoms with Crippen molar-refractivity contribution in [2.45, 2.75) is 24.8 Å². The molecule has 142 valence electrons. The number of amides is 1. The molecule has 5 nitrogen and oxygen atoms in total. The minimum absolute atomic E-state index is 0.129. The van der Waals surface area contributed by atoms with Crippen molar-refractivity contribution >= 4 is 12.0 Å². The predicted octanol–water partition coefficient (Wildman–Crippen LogP) is 3.92. The number of ether oxygens (including phenoxy) is 3. The summed E-state index contributed by atoms with van der Waals surface area (Å²) in [7, 11) is 4.73. The average molecular weight is 367 g/mol. The lowest BCUT2D eigenvalue weighted by atomic mass is 9.72. The van der Waals surface area contributed by atoms with Crippen LogP contribution in [0.25, 0.3) is 6.08 Å². The molecule has 1 aliphatic carbocycles. The fourth-order valence-electron chi connectivity index (χ4n) is 3.40. The molecule has 3 rings (SSSR count). The zero-order valence-electron chi connectivity index (χ0n) is 16.0. The first kappa shape index (κ1) is 18.8. The highest BCUT2D eigenvalue weighted by Gasteiger charge is 2.39. The standard InChI is InChI=1S/C22H25NO4/c1-25-18-15-20(27-3)19(26-2)14-16(18)10-11-21(24)23-22(12-7-13-22)17-8-5-4-6-9-17/h4-6,8-11,14-15H,7,12-13H2,1-3H3,(H,23,24)/b11-10+. The van der Waals surface area contributed by atoms with E-state index in [1.54, 1.807) is 39.5 Å². The van der Waals surface area contributed by atoms with E-state index in [4.69, 9.17) is 14.2 Å². The first-order chi connectivity index (χ1) is 13.1. The van der Waals surface area contributed by atoms with Gasteiger partial charge in [-0.15, -0.1) is 0 Å². The molecule has 0 unspecified atom stereocenters. The van der Waals surface area contributed by atoms with Crippen LogP contribution in [0.5, 0.6) is 17.2 Å². The molecule has 1 aliphatic rings. The Labute approximate surface area is 159 Å². The lowest BCUT2D eigenvalue weighted by Crippen LogP contribution is -2.50. The number of hydrogen-bond acceptors (Lipinski definition) is 4. The molecular weight excluding hydrogens is 342 g/mol. The second-order valence-corrected chi connectivity index (χ2v) is 6.57. The van der Waals surface area contributed by atoms with Crippen molar-refractivity contribution in [2.24, 2.45) is 0 Å². The number of hydrogen-bond donors (Lipinski definition) is 1. The van der Waals surface area contributed by atoms with E-state index in [2.05, 4.69) is 17.4 Å². The van der Waals surface area contributed by atoms with E-state index in [9.17, 15) is 4.79 Å². The quantitative estimate of drug-likeness (QED) is 0.754. The van der Waals surface area contributed by atoms with Crippen LogP contribution in [-0.2, 0) is 10.3 Å². The van der Waals surface area contributed by atoms with Crippen LogP contribution in [0.3, 0.4) is 0 Å². The van der Waals surface area contributed by atoms with Crippen molar-refractivity contribution in [3.05, 3.63) is 59.7 Å². The molecule has 0 saturated heterocycles. The summed E-state index contributed by atoms with van der Waals surface area (Å²) in [6.45, 7) is 0. The van der Waals surface area contributed by atoms with E-state index < -0.39 is 0 Å². The number of rotatable bonds is 7. The van der Waals surface area contributed by atoms with E-state index in [1.165, 1.54) is 6.08 Å². The van der Waals surface area contributed by atoms with Crippen molar-refractivity contribution in [1.29, 1.82) is 0 Å². The largest absolute Gasteiger partial charge is 0.496 e. The molecule has 1 N–H and O–H groups in total. The second-order valence-electron chi connectivity index (χ2n) is 6.57. The summed E-state index contributed by atoms with van der Waals surface area (Å²) < 4.78 is 16.0. The van der Waals surface area contributed by atoms with Crippen LogP contribution in [0, 0.1) is 0 Å². The van der Waals surface area contributed by atoms with Gasteiger partial charge in [-0.25, -0.2) is 0 Å². The third-order valence-electron chi connectivity index (χ3n) is 5.05. The summed E-state index contributed by atoms with van der Waals surface area (Å²) >= 11 is 0. The molecule has 0 spiro atoms. The van der Waals surface area contributed by atoms with Gasteiger partial charge in [0.25, 0.3) is 0 Å². The molecule has 1 amide bonds. The number of nitrogens with one attached hydrogen (secondary N) is 1. The molecule has 2 aromatic carbocycles. The Morgan fingerprint density at radius 1 is 0.963 bits per heavy atom. The molecule has 0 bridgehead atoms. The van der Waals surface area contributed by atoms with Crippen LogP contribution < -0.4 is 19.5 Å². The third kappa shape index (κ3) is 3.92. The van der Waals surface area contributed by atoms with Gasteiger partial charge in [-0.2, -0.15) is 0 Å². The summed E-state index contributed by atoms with van der Waals surface area (Å²) in [6.07, 6.45) is 6.29. The number of carbonyl (C=O) groups excluding carboxylic acids is 1. The van der Waals surface area contributed by atoms with E-state index in [1.807, 2.05) is 18.2 Å². The van der Waals surface area contributed by atoms with Crippen LogP contribution in [0.2, 0.25) is 0 Å². The highest BCUT2D eigenvalue weighted by Crippen LogP contribution is 2.41. The minimum Gasteiger partial charge on any atom is -0.496 e. The topological polar surface area (TPSA) is 56.8 Å². The van der Waals surface area contributed by atoms with Crippen molar-refractivity contribution < 1.29 is 19.0 Å². The van der Waals surface area contributed by atoms with Gasteiger partial charge >= 0.3 is 0 Å². The summed E-state index contributed by atoms with van der Waals surface area (Å²) in [5, 5.41) is 3.18. The van der Waals surface area contributed by atoms with Gasteiger partial charge in [0, 0.05) is 17.7 Å². The molecule has 0 aliphatic heterocycles. The van der Waals surface area contributed by atoms with E-state index >= 15 is 0 Å². The normalized spacial score (nSPS) is 15.1. The van der Waals surface area contributed by atoms with Gasteiger partial charge < -0.3 is 19.5 Å². The monoisotopic (exact) mass is 367 g/mol. The van der Waals surface area contributed by atoms with Gasteiger partial charge in [0.1, 0.15) is 5.75 Å². The van der Waals surface area contributed by atoms with Crippen molar-refractivity contribution in [2.75, 3.05) is 21.3 Å². The number of methoxy groups -OCH3 is 3. The Balaban J connectivity index is 1.79. The number of carbonyl (C=O) groups is 1. The molecule has 1 fully saturated rings. The highest BCUT2D eigenvalue weighted by atomic mass is 16.5. The fraction of sp³-hybridized carbons (Fsp3) is 0.318. The van der Waals surface area contributed by atoms with Crippen molar-refractivity contribution in [3.8, 4) is 17.2 Å². The molecule has 0 radical (unpaired) electrons. The Morgan fingerprint density at radius 3 is 2.15 bits per heavy atom. The predicted molar refractivity (Wildman–Crippen MR) is 105 cm³/mol. The fourth-order valence-corrected chi connectivity index (χ4v) is 3.40. The molecule has 0 aromatic heterocycles. The van der Waals surface area contributed by atoms with Gasteiger partial charge in [0.05, 0.1) is 26.9 Å². The Morgan fingerprint density at radius 2 is 1.59 bits per heavy atom. The molecule has 1 saturated carbocycles. The lowest BCUT2D eigenvalue weighted by Gasteiger charge is -2.42. The van der Waals surface area contributed by atoms with Gasteiger partial charge in [-0.1, -0.05) is 30.3 Å². The van der Waals surface area contributed by atoms with Crippen LogP contribution in [0.4, 0.5) is 0 Å². The van der Waals surface area contributed by atoms with E-state index in [0.717, 1.165) is 30.4 Å². The maximum atomic E-state index is 12.6. The maximum Gasteiger partial charge on any atom is 0.244 e. The zero-order chi connectivity index (χ0) is 19.3. The first-order valence-electron chi connectivity index (χ1n) is 8.97. The Hall–Kier alpha value is -2.95. The maximum absolute atomic E-state index is 12.6. The molecule has 5 heteroatoms. The summed E-state index contributed by atoms with van der Waals surface area (Å²) in [6, 6.07) is 13.7. The summed E-state index contributed by atoms with van der Waals surface area (Å²) in [4.78, 5) is 12.6. The summed E-state index contributed by atoms with van der Waals surface area (Å²) in [5.41, 5.74) is 1.64. The van der Waals surface area contributed by atoms with Crippen LogP contribution >= 0.6 is 0 Å². The molecular formula is C22H25NO4. The average Bonchev–Trinajstić information content (AvgIpc) is 2.69. The smallest absolute Gasteiger partial charge is 0.244 e. The Bertz CT molecular complexity index is 826. The van der Waals surface area contributed by atoms with Gasteiger partial charge in [-0.3, -0.25) is 4.79 Å². The molecule has 2 aromatic rings. The van der Waals surface area contributed by atoms with Crippen molar-refractivity contribution in [3.63, 3.8) is 0 Å². The molecule has 27 heavy (non-hydrogen) atoms. The van der Waals surface area contributed by atoms with Gasteiger partial charge in [0.15, 0.2) is 11.5 Å². The van der Waals surface area contributed by atoms with Gasteiger partial charge in [0.2, 0.25) is 5.91 Å². The summed E-state index contributed by atoms with van der Waals surface area (Å²) in [5.74, 6) is 1.64. The minimum atomic E-state index is -0.260. The highest BCUT2D eigenvalue weighted by molar-refractivity contribution is 5.93. The van der Waals surface area contributed by atoms with Gasteiger partial charge in [-0.05, 0) is 37.0 Å². The number of benzene rings is 2. The van der Waals surface area contributed by atoms with Crippen molar-refractivity contribution in [1.82, 2.24) is 5.32 Å². The Kier molecular flexibility index (Phi) is 5.69. The van der Waals surface area contributed by atoms with E-state index in [0.29, 0.717) is 17.2 Å². The van der Waals surface area contributed by atoms with Crippen LogP contribution in [-0.4, -0.2) is 27.2 Å². The first-order valence-corrected chi connectivity index (χ1v) is 8.97.